The third kappa shape index (κ3) is 4.89. The summed E-state index contributed by atoms with van der Waals surface area (Å²) in [5, 5.41) is 6.27. The van der Waals surface area contributed by atoms with Crippen LogP contribution in [0, 0.1) is 6.92 Å². The first-order chi connectivity index (χ1) is 9.10. The van der Waals surface area contributed by atoms with Crippen molar-refractivity contribution in [3.05, 3.63) is 23.4 Å². The summed E-state index contributed by atoms with van der Waals surface area (Å²) in [4.78, 5) is 16.6. The highest BCUT2D eigenvalue weighted by Gasteiger charge is 2.12. The Morgan fingerprint density at radius 1 is 1.26 bits per heavy atom. The third-order valence-electron chi connectivity index (χ3n) is 3.09. The number of nitrogens with zero attached hydrogens (tertiary/aromatic N) is 1. The number of carbonyl (C=O) groups is 1. The highest BCUT2D eigenvalue weighted by molar-refractivity contribution is 5.95. The predicted molar refractivity (Wildman–Crippen MR) is 79.6 cm³/mol. The van der Waals surface area contributed by atoms with Gasteiger partial charge in [0.1, 0.15) is 5.82 Å². The van der Waals surface area contributed by atoms with Crippen molar-refractivity contribution in [2.75, 3.05) is 11.9 Å². The van der Waals surface area contributed by atoms with Gasteiger partial charge in [0.2, 0.25) is 0 Å². The molecule has 0 radical (unpaired) electrons. The molecule has 0 aliphatic rings. The van der Waals surface area contributed by atoms with Crippen LogP contribution in [0.2, 0.25) is 0 Å². The summed E-state index contributed by atoms with van der Waals surface area (Å²) in [6.45, 7) is 9.04. The van der Waals surface area contributed by atoms with Gasteiger partial charge in [0.05, 0.1) is 0 Å². The van der Waals surface area contributed by atoms with Gasteiger partial charge in [-0.25, -0.2) is 4.98 Å². The summed E-state index contributed by atoms with van der Waals surface area (Å²) in [5.74, 6) is 0.760. The minimum atomic E-state index is -0.0150. The standard InChI is InChI=1S/C15H25N3O/c1-5-8-16-14-10-12(9-11(4)17-14)15(19)18-13(6-2)7-3/h9-10,13H,5-8H2,1-4H3,(H,16,17)(H,18,19). The lowest BCUT2D eigenvalue weighted by atomic mass is 10.1. The lowest BCUT2D eigenvalue weighted by molar-refractivity contribution is 0.0934. The number of amides is 1. The Balaban J connectivity index is 2.81. The van der Waals surface area contributed by atoms with Gasteiger partial charge in [-0.3, -0.25) is 4.79 Å². The minimum absolute atomic E-state index is 0.0150. The molecule has 4 heteroatoms. The fraction of sp³-hybridized carbons (Fsp3) is 0.600. The number of carbonyl (C=O) groups excluding carboxylic acids is 1. The Morgan fingerprint density at radius 2 is 1.95 bits per heavy atom. The van der Waals surface area contributed by atoms with Gasteiger partial charge in [0, 0.05) is 23.8 Å². The molecule has 1 amide bonds. The molecule has 1 aromatic rings. The number of hydrogen-bond acceptors (Lipinski definition) is 3. The molecule has 0 saturated heterocycles. The van der Waals surface area contributed by atoms with Crippen molar-refractivity contribution in [2.24, 2.45) is 0 Å². The average molecular weight is 263 g/mol. The molecule has 0 bridgehead atoms. The Morgan fingerprint density at radius 3 is 2.53 bits per heavy atom. The fourth-order valence-electron chi connectivity index (χ4n) is 1.90. The second-order valence-electron chi connectivity index (χ2n) is 4.80. The van der Waals surface area contributed by atoms with Crippen LogP contribution >= 0.6 is 0 Å². The van der Waals surface area contributed by atoms with Crippen LogP contribution < -0.4 is 10.6 Å². The summed E-state index contributed by atoms with van der Waals surface area (Å²) >= 11 is 0. The second-order valence-corrected chi connectivity index (χ2v) is 4.80. The molecule has 1 rings (SSSR count). The van der Waals surface area contributed by atoms with E-state index in [4.69, 9.17) is 0 Å². The molecule has 0 spiro atoms. The van der Waals surface area contributed by atoms with Crippen molar-refractivity contribution in [3.63, 3.8) is 0 Å². The van der Waals surface area contributed by atoms with Crippen molar-refractivity contribution in [3.8, 4) is 0 Å². The maximum atomic E-state index is 12.2. The number of aryl methyl sites for hydroxylation is 1. The Hall–Kier alpha value is -1.58. The third-order valence-corrected chi connectivity index (χ3v) is 3.09. The van der Waals surface area contributed by atoms with E-state index in [-0.39, 0.29) is 11.9 Å². The molecule has 0 unspecified atom stereocenters. The zero-order valence-corrected chi connectivity index (χ0v) is 12.4. The van der Waals surface area contributed by atoms with Gasteiger partial charge in [-0.15, -0.1) is 0 Å². The van der Waals surface area contributed by atoms with Crippen LogP contribution in [0.5, 0.6) is 0 Å². The van der Waals surface area contributed by atoms with Crippen LogP contribution in [0.4, 0.5) is 5.82 Å². The van der Waals surface area contributed by atoms with Crippen molar-refractivity contribution in [1.82, 2.24) is 10.3 Å². The minimum Gasteiger partial charge on any atom is -0.370 e. The summed E-state index contributed by atoms with van der Waals surface area (Å²) in [7, 11) is 0. The van der Waals surface area contributed by atoms with Gasteiger partial charge < -0.3 is 10.6 Å². The maximum Gasteiger partial charge on any atom is 0.251 e. The smallest absolute Gasteiger partial charge is 0.251 e. The number of rotatable bonds is 7. The number of pyridine rings is 1. The Kier molecular flexibility index (Phi) is 6.33. The van der Waals surface area contributed by atoms with Crippen LogP contribution in [-0.2, 0) is 0 Å². The predicted octanol–water partition coefficient (Wildman–Crippen LogP) is 3.13. The number of nitrogens with one attached hydrogen (secondary N) is 2. The summed E-state index contributed by atoms with van der Waals surface area (Å²) in [5.41, 5.74) is 1.54. The van der Waals surface area contributed by atoms with Gasteiger partial charge >= 0.3 is 0 Å². The molecule has 19 heavy (non-hydrogen) atoms. The van der Waals surface area contributed by atoms with Gasteiger partial charge in [0.25, 0.3) is 5.91 Å². The molecule has 0 aliphatic heterocycles. The van der Waals surface area contributed by atoms with Gasteiger partial charge in [-0.2, -0.15) is 0 Å². The van der Waals surface area contributed by atoms with E-state index in [0.29, 0.717) is 5.56 Å². The lowest BCUT2D eigenvalue weighted by Crippen LogP contribution is -2.33. The highest BCUT2D eigenvalue weighted by Crippen LogP contribution is 2.11. The molecule has 1 heterocycles. The molecule has 4 nitrogen and oxygen atoms in total. The number of aromatic nitrogens is 1. The number of hydrogen-bond donors (Lipinski definition) is 2. The van der Waals surface area contributed by atoms with Crippen LogP contribution in [0.3, 0.4) is 0 Å². The SMILES string of the molecule is CCCNc1cc(C(=O)NC(CC)CC)cc(C)n1. The van der Waals surface area contributed by atoms with Gasteiger partial charge in [-0.1, -0.05) is 20.8 Å². The van der Waals surface area contributed by atoms with E-state index in [1.165, 1.54) is 0 Å². The van der Waals surface area contributed by atoms with Crippen molar-refractivity contribution < 1.29 is 4.79 Å². The Labute approximate surface area is 116 Å². The van der Waals surface area contributed by atoms with E-state index in [1.807, 2.05) is 19.1 Å². The Bertz CT molecular complexity index is 414. The van der Waals surface area contributed by atoms with E-state index in [9.17, 15) is 4.79 Å². The van der Waals surface area contributed by atoms with E-state index in [2.05, 4.69) is 36.4 Å². The monoisotopic (exact) mass is 263 g/mol. The van der Waals surface area contributed by atoms with E-state index in [0.717, 1.165) is 37.3 Å². The van der Waals surface area contributed by atoms with Crippen molar-refractivity contribution in [2.45, 2.75) is 53.0 Å². The van der Waals surface area contributed by atoms with Crippen molar-refractivity contribution in [1.29, 1.82) is 0 Å². The van der Waals surface area contributed by atoms with Crippen LogP contribution in [0.15, 0.2) is 12.1 Å². The molecule has 2 N–H and O–H groups in total. The van der Waals surface area contributed by atoms with Crippen LogP contribution in [-0.4, -0.2) is 23.5 Å². The fourth-order valence-corrected chi connectivity index (χ4v) is 1.90. The van der Waals surface area contributed by atoms with E-state index in [1.54, 1.807) is 0 Å². The molecular formula is C15H25N3O. The first-order valence-corrected chi connectivity index (χ1v) is 7.14. The first kappa shape index (κ1) is 15.5. The molecular weight excluding hydrogens is 238 g/mol. The van der Waals surface area contributed by atoms with E-state index < -0.39 is 0 Å². The molecule has 0 aliphatic carbocycles. The molecule has 0 fully saturated rings. The van der Waals surface area contributed by atoms with Gasteiger partial charge in [0.15, 0.2) is 0 Å². The zero-order chi connectivity index (χ0) is 14.3. The summed E-state index contributed by atoms with van der Waals surface area (Å²) in [6.07, 6.45) is 2.94. The van der Waals surface area contributed by atoms with Gasteiger partial charge in [-0.05, 0) is 38.3 Å². The molecule has 0 atom stereocenters. The molecule has 0 aromatic carbocycles. The molecule has 0 saturated carbocycles. The van der Waals surface area contributed by atoms with Crippen LogP contribution in [0.1, 0.15) is 56.1 Å². The molecule has 1 aromatic heterocycles. The summed E-state index contributed by atoms with van der Waals surface area (Å²) < 4.78 is 0. The topological polar surface area (TPSA) is 54.0 Å². The maximum absolute atomic E-state index is 12.2. The first-order valence-electron chi connectivity index (χ1n) is 7.14. The van der Waals surface area contributed by atoms with E-state index >= 15 is 0 Å². The average Bonchev–Trinajstić information content (AvgIpc) is 2.41. The second kappa shape index (κ2) is 7.77. The normalized spacial score (nSPS) is 10.6. The summed E-state index contributed by atoms with van der Waals surface area (Å²) in [6, 6.07) is 3.89. The zero-order valence-electron chi connectivity index (χ0n) is 12.4. The largest absolute Gasteiger partial charge is 0.370 e. The molecule has 106 valence electrons. The van der Waals surface area contributed by atoms with Crippen LogP contribution in [0.25, 0.3) is 0 Å². The quantitative estimate of drug-likeness (QED) is 0.794. The highest BCUT2D eigenvalue weighted by atomic mass is 16.1. The number of anilines is 1. The lowest BCUT2D eigenvalue weighted by Gasteiger charge is -2.15. The van der Waals surface area contributed by atoms with Crippen molar-refractivity contribution >= 4 is 11.7 Å².